The summed E-state index contributed by atoms with van der Waals surface area (Å²) in [5, 5.41) is 12.4. The lowest BCUT2D eigenvalue weighted by Crippen LogP contribution is -2.53. The van der Waals surface area contributed by atoms with Crippen LogP contribution in [0.2, 0.25) is 0 Å². The third-order valence-corrected chi connectivity index (χ3v) is 3.93. The van der Waals surface area contributed by atoms with Crippen molar-refractivity contribution < 1.29 is 14.6 Å². The summed E-state index contributed by atoms with van der Waals surface area (Å²) in [7, 11) is 0. The highest BCUT2D eigenvalue weighted by molar-refractivity contribution is 5.82. The smallest absolute Gasteiger partial charge is 0.242 e. The van der Waals surface area contributed by atoms with Crippen LogP contribution in [-0.2, 0) is 9.53 Å². The van der Waals surface area contributed by atoms with Crippen molar-refractivity contribution in [3.05, 3.63) is 29.3 Å². The quantitative estimate of drug-likeness (QED) is 0.879. The summed E-state index contributed by atoms with van der Waals surface area (Å²) >= 11 is 0. The van der Waals surface area contributed by atoms with E-state index in [1.165, 1.54) is 0 Å². The van der Waals surface area contributed by atoms with E-state index in [0.29, 0.717) is 13.2 Å². The van der Waals surface area contributed by atoms with Crippen LogP contribution in [0.25, 0.3) is 0 Å². The van der Waals surface area contributed by atoms with Crippen LogP contribution in [0.4, 0.5) is 5.69 Å². The molecule has 0 bridgehead atoms. The third-order valence-electron chi connectivity index (χ3n) is 3.93. The van der Waals surface area contributed by atoms with Crippen molar-refractivity contribution >= 4 is 11.6 Å². The number of carbonyl (C=O) groups excluding carboxylic acids is 1. The van der Waals surface area contributed by atoms with Gasteiger partial charge in [0.1, 0.15) is 0 Å². The van der Waals surface area contributed by atoms with Crippen molar-refractivity contribution in [2.75, 3.05) is 31.6 Å². The summed E-state index contributed by atoms with van der Waals surface area (Å²) in [6, 6.07) is 6.10. The zero-order chi connectivity index (χ0) is 15.4. The Morgan fingerprint density at radius 2 is 2.10 bits per heavy atom. The highest BCUT2D eigenvalue weighted by Crippen LogP contribution is 2.19. The van der Waals surface area contributed by atoms with E-state index in [4.69, 9.17) is 4.74 Å². The molecule has 1 aromatic rings. The lowest BCUT2D eigenvalue weighted by Gasteiger charge is -2.37. The minimum atomic E-state index is -0.273. The first-order chi connectivity index (χ1) is 10.0. The second kappa shape index (κ2) is 6.91. The number of carbonyl (C=O) groups is 1. The Labute approximate surface area is 125 Å². The molecule has 1 fully saturated rings. The van der Waals surface area contributed by atoms with Gasteiger partial charge in [-0.05, 0) is 31.9 Å². The summed E-state index contributed by atoms with van der Waals surface area (Å²) in [4.78, 5) is 14.2. The number of para-hydroxylation sites is 1. The van der Waals surface area contributed by atoms with Gasteiger partial charge < -0.3 is 20.1 Å². The van der Waals surface area contributed by atoms with E-state index in [1.54, 1.807) is 4.90 Å². The molecule has 2 rings (SSSR count). The molecule has 0 aliphatic carbocycles. The molecular formula is C16H24N2O3. The third kappa shape index (κ3) is 3.74. The summed E-state index contributed by atoms with van der Waals surface area (Å²) in [6.45, 7) is 7.14. The van der Waals surface area contributed by atoms with Crippen molar-refractivity contribution in [2.24, 2.45) is 0 Å². The van der Waals surface area contributed by atoms with Crippen LogP contribution in [0.5, 0.6) is 0 Å². The molecule has 0 radical (unpaired) electrons. The highest BCUT2D eigenvalue weighted by atomic mass is 16.5. The molecule has 2 N–H and O–H groups in total. The lowest BCUT2D eigenvalue weighted by atomic mass is 10.1. The Morgan fingerprint density at radius 3 is 2.71 bits per heavy atom. The molecule has 116 valence electrons. The maximum Gasteiger partial charge on any atom is 0.242 e. The normalized spacial score (nSPS) is 22.2. The molecule has 1 aliphatic rings. The van der Waals surface area contributed by atoms with Crippen LogP contribution >= 0.6 is 0 Å². The molecule has 1 amide bonds. The van der Waals surface area contributed by atoms with Crippen molar-refractivity contribution in [1.29, 1.82) is 0 Å². The van der Waals surface area contributed by atoms with Crippen molar-refractivity contribution in [1.82, 2.24) is 4.90 Å². The molecule has 1 heterocycles. The number of aliphatic hydroxyl groups excluding tert-OH is 1. The number of nitrogens with zero attached hydrogens (tertiary/aromatic N) is 1. The van der Waals surface area contributed by atoms with Crippen LogP contribution in [-0.4, -0.2) is 54.4 Å². The molecule has 0 spiro atoms. The fourth-order valence-electron chi connectivity index (χ4n) is 2.63. The van der Waals surface area contributed by atoms with Gasteiger partial charge in [0.25, 0.3) is 0 Å². The van der Waals surface area contributed by atoms with Gasteiger partial charge in [0.05, 0.1) is 31.9 Å². The van der Waals surface area contributed by atoms with Gasteiger partial charge in [0.2, 0.25) is 5.91 Å². The SMILES string of the molecule is Cc1cccc(C)c1NCC(=O)N1CC(CO)OCC1C. The number of rotatable bonds is 4. The van der Waals surface area contributed by atoms with Gasteiger partial charge >= 0.3 is 0 Å². The van der Waals surface area contributed by atoms with E-state index >= 15 is 0 Å². The fourth-order valence-corrected chi connectivity index (χ4v) is 2.63. The second-order valence-electron chi connectivity index (χ2n) is 5.65. The van der Waals surface area contributed by atoms with E-state index in [2.05, 4.69) is 5.32 Å². The second-order valence-corrected chi connectivity index (χ2v) is 5.65. The molecular weight excluding hydrogens is 268 g/mol. The van der Waals surface area contributed by atoms with Crippen molar-refractivity contribution in [3.8, 4) is 0 Å². The van der Waals surface area contributed by atoms with Crippen LogP contribution in [0.1, 0.15) is 18.1 Å². The van der Waals surface area contributed by atoms with E-state index in [9.17, 15) is 9.90 Å². The zero-order valence-electron chi connectivity index (χ0n) is 12.9. The first-order valence-corrected chi connectivity index (χ1v) is 7.35. The molecule has 0 saturated carbocycles. The minimum absolute atomic E-state index is 0.0342. The molecule has 5 nitrogen and oxygen atoms in total. The topological polar surface area (TPSA) is 61.8 Å². The van der Waals surface area contributed by atoms with Gasteiger partial charge in [0, 0.05) is 12.2 Å². The Morgan fingerprint density at radius 1 is 1.43 bits per heavy atom. The fraction of sp³-hybridized carbons (Fsp3) is 0.562. The Bertz CT molecular complexity index is 484. The number of nitrogens with one attached hydrogen (secondary N) is 1. The molecule has 1 saturated heterocycles. The molecule has 2 unspecified atom stereocenters. The average Bonchev–Trinajstić information content (AvgIpc) is 2.47. The Hall–Kier alpha value is -1.59. The summed E-state index contributed by atoms with van der Waals surface area (Å²) in [6.07, 6.45) is -0.273. The van der Waals surface area contributed by atoms with Crippen LogP contribution in [0.15, 0.2) is 18.2 Å². The van der Waals surface area contributed by atoms with E-state index < -0.39 is 0 Å². The molecule has 0 aromatic heterocycles. The van der Waals surface area contributed by atoms with Gasteiger partial charge in [-0.1, -0.05) is 18.2 Å². The standard InChI is InChI=1S/C16H24N2O3/c1-11-5-4-6-12(2)16(11)17-7-15(20)18-8-14(9-19)21-10-13(18)3/h4-6,13-14,17,19H,7-10H2,1-3H3. The Balaban J connectivity index is 1.98. The van der Waals surface area contributed by atoms with Gasteiger partial charge in [-0.3, -0.25) is 4.79 Å². The number of hydrogen-bond acceptors (Lipinski definition) is 4. The van der Waals surface area contributed by atoms with Crippen molar-refractivity contribution in [2.45, 2.75) is 32.9 Å². The Kier molecular flexibility index (Phi) is 5.20. The highest BCUT2D eigenvalue weighted by Gasteiger charge is 2.28. The summed E-state index contributed by atoms with van der Waals surface area (Å²) < 4.78 is 5.46. The number of ether oxygens (including phenoxy) is 1. The van der Waals surface area contributed by atoms with Crippen LogP contribution in [0, 0.1) is 13.8 Å². The largest absolute Gasteiger partial charge is 0.394 e. The predicted molar refractivity (Wildman–Crippen MR) is 82.4 cm³/mol. The number of aryl methyl sites for hydroxylation is 2. The zero-order valence-corrected chi connectivity index (χ0v) is 12.9. The first kappa shape index (κ1) is 15.8. The van der Waals surface area contributed by atoms with Gasteiger partial charge in [0.15, 0.2) is 0 Å². The number of amides is 1. The first-order valence-electron chi connectivity index (χ1n) is 7.35. The van der Waals surface area contributed by atoms with Gasteiger partial charge in [-0.25, -0.2) is 0 Å². The summed E-state index contributed by atoms with van der Waals surface area (Å²) in [5.41, 5.74) is 3.28. The number of morpholine rings is 1. The number of aliphatic hydroxyl groups is 1. The van der Waals surface area contributed by atoms with Gasteiger partial charge in [-0.2, -0.15) is 0 Å². The monoisotopic (exact) mass is 292 g/mol. The summed E-state index contributed by atoms with van der Waals surface area (Å²) in [5.74, 6) is 0.0342. The van der Waals surface area contributed by atoms with E-state index in [-0.39, 0.29) is 31.2 Å². The lowest BCUT2D eigenvalue weighted by molar-refractivity contribution is -0.144. The maximum absolute atomic E-state index is 12.4. The molecule has 21 heavy (non-hydrogen) atoms. The van der Waals surface area contributed by atoms with E-state index in [0.717, 1.165) is 16.8 Å². The van der Waals surface area contributed by atoms with E-state index in [1.807, 2.05) is 39.0 Å². The number of anilines is 1. The van der Waals surface area contributed by atoms with Crippen LogP contribution in [0.3, 0.4) is 0 Å². The molecule has 1 aliphatic heterocycles. The maximum atomic E-state index is 12.4. The number of hydrogen-bond donors (Lipinski definition) is 2. The minimum Gasteiger partial charge on any atom is -0.394 e. The van der Waals surface area contributed by atoms with Crippen LogP contribution < -0.4 is 5.32 Å². The number of benzene rings is 1. The molecule has 2 atom stereocenters. The molecule has 1 aromatic carbocycles. The predicted octanol–water partition coefficient (Wildman–Crippen LogP) is 1.32. The van der Waals surface area contributed by atoms with Gasteiger partial charge in [-0.15, -0.1) is 0 Å². The van der Waals surface area contributed by atoms with Crippen molar-refractivity contribution in [3.63, 3.8) is 0 Å². The average molecular weight is 292 g/mol. The molecule has 5 heteroatoms.